The molecule has 0 N–H and O–H groups in total. The summed E-state index contributed by atoms with van der Waals surface area (Å²) in [5, 5.41) is 10.1. The Kier molecular flexibility index (Phi) is 10.1. The van der Waals surface area contributed by atoms with Crippen LogP contribution in [0.25, 0.3) is 0 Å². The zero-order chi connectivity index (χ0) is 10.6. The second kappa shape index (κ2) is 10.5. The fourth-order valence-electron chi connectivity index (χ4n) is 1.30. The lowest BCUT2D eigenvalue weighted by Gasteiger charge is -2.01. The van der Waals surface area contributed by atoms with Gasteiger partial charge in [-0.05, 0) is 12.8 Å². The highest BCUT2D eigenvalue weighted by atomic mass is 16.5. The molecule has 0 aromatic carbocycles. The summed E-state index contributed by atoms with van der Waals surface area (Å²) >= 11 is 0. The van der Waals surface area contributed by atoms with E-state index < -0.39 is 0 Å². The van der Waals surface area contributed by atoms with Gasteiger partial charge in [0.1, 0.15) is 0 Å². The van der Waals surface area contributed by atoms with Gasteiger partial charge >= 0.3 is 5.97 Å². The third-order valence-corrected chi connectivity index (χ3v) is 2.09. The van der Waals surface area contributed by atoms with Crippen LogP contribution in [0.15, 0.2) is 0 Å². The molecule has 0 aromatic rings. The summed E-state index contributed by atoms with van der Waals surface area (Å²) in [5.74, 6) is -0.194. The normalized spacial score (nSPS) is 10.1. The average molecular weight is 201 g/mol. The molecule has 14 heavy (non-hydrogen) atoms. The molecule has 0 spiro atoms. The van der Waals surface area contributed by atoms with Crippen LogP contribution in [-0.2, 0) is 14.6 Å². The van der Waals surface area contributed by atoms with Crippen LogP contribution in [0, 0.1) is 0 Å². The van der Waals surface area contributed by atoms with Crippen molar-refractivity contribution in [3.63, 3.8) is 0 Å². The molecule has 0 fully saturated rings. The van der Waals surface area contributed by atoms with E-state index in [0.29, 0.717) is 6.61 Å². The maximum atomic E-state index is 10.4. The Bertz CT molecular complexity index is 134. The van der Waals surface area contributed by atoms with E-state index in [1.165, 1.54) is 19.8 Å². The highest BCUT2D eigenvalue weighted by Crippen LogP contribution is 2.06. The topological polar surface area (TPSA) is 46.2 Å². The van der Waals surface area contributed by atoms with Gasteiger partial charge in [0.15, 0.2) is 0 Å². The van der Waals surface area contributed by atoms with E-state index in [1.54, 1.807) is 0 Å². The van der Waals surface area contributed by atoms with Gasteiger partial charge in [0.05, 0.1) is 13.2 Å². The first-order valence-corrected chi connectivity index (χ1v) is 5.49. The van der Waals surface area contributed by atoms with Crippen molar-refractivity contribution in [2.75, 3.05) is 13.2 Å². The number of hydrogen-bond acceptors (Lipinski definition) is 2. The Morgan fingerprint density at radius 1 is 0.929 bits per heavy atom. The smallest absolute Gasteiger partial charge is 0.302 e. The Hall–Kier alpha value is -0.570. The molecule has 3 heteroatoms. The lowest BCUT2D eigenvalue weighted by atomic mass is 10.1. The maximum Gasteiger partial charge on any atom is 0.302 e. The predicted molar refractivity (Wildman–Crippen MR) is 54.5 cm³/mol. The van der Waals surface area contributed by atoms with Crippen molar-refractivity contribution < 1.29 is 14.6 Å². The number of carbonyl (C=O) groups excluding carboxylic acids is 1. The van der Waals surface area contributed by atoms with Gasteiger partial charge < -0.3 is 4.74 Å². The van der Waals surface area contributed by atoms with Crippen LogP contribution >= 0.6 is 0 Å². The van der Waals surface area contributed by atoms with Crippen molar-refractivity contribution in [2.24, 2.45) is 0 Å². The third kappa shape index (κ3) is 11.4. The molecule has 0 amide bonds. The summed E-state index contributed by atoms with van der Waals surface area (Å²) in [7, 11) is 0. The van der Waals surface area contributed by atoms with Gasteiger partial charge in [-0.1, -0.05) is 32.1 Å². The van der Waals surface area contributed by atoms with Crippen LogP contribution in [0.2, 0.25) is 0 Å². The Labute approximate surface area is 86.5 Å². The monoisotopic (exact) mass is 201 g/mol. The molecule has 0 saturated heterocycles. The molecular weight excluding hydrogens is 180 g/mol. The van der Waals surface area contributed by atoms with Gasteiger partial charge in [0, 0.05) is 6.92 Å². The standard InChI is InChI=1S/C11H21O3/c1-11(13)14-10-8-6-4-2-3-5-7-9-12/h2-10H2,1H3. The van der Waals surface area contributed by atoms with E-state index in [4.69, 9.17) is 4.74 Å². The van der Waals surface area contributed by atoms with Crippen molar-refractivity contribution >= 4 is 5.97 Å². The number of carbonyl (C=O) groups is 1. The van der Waals surface area contributed by atoms with Crippen molar-refractivity contribution in [2.45, 2.75) is 51.9 Å². The van der Waals surface area contributed by atoms with E-state index in [2.05, 4.69) is 0 Å². The molecule has 0 atom stereocenters. The van der Waals surface area contributed by atoms with E-state index >= 15 is 0 Å². The zero-order valence-electron chi connectivity index (χ0n) is 9.09. The number of ether oxygens (including phenoxy) is 1. The molecule has 0 saturated carbocycles. The quantitative estimate of drug-likeness (QED) is 0.425. The number of rotatable bonds is 9. The molecular formula is C11H21O3. The summed E-state index contributed by atoms with van der Waals surface area (Å²) < 4.78 is 4.81. The fourth-order valence-corrected chi connectivity index (χ4v) is 1.30. The van der Waals surface area contributed by atoms with E-state index in [9.17, 15) is 9.90 Å². The van der Waals surface area contributed by atoms with Crippen LogP contribution in [0.1, 0.15) is 51.9 Å². The van der Waals surface area contributed by atoms with Crippen molar-refractivity contribution in [3.8, 4) is 0 Å². The molecule has 0 aliphatic heterocycles. The van der Waals surface area contributed by atoms with Crippen molar-refractivity contribution in [1.82, 2.24) is 0 Å². The summed E-state index contributed by atoms with van der Waals surface area (Å²) in [6.07, 6.45) is 7.49. The highest BCUT2D eigenvalue weighted by Gasteiger charge is 1.94. The second-order valence-electron chi connectivity index (χ2n) is 3.52. The minimum Gasteiger partial charge on any atom is -0.466 e. The molecule has 0 bridgehead atoms. The first-order chi connectivity index (χ1) is 6.77. The summed E-state index contributed by atoms with van der Waals surface area (Å²) in [5.41, 5.74) is 0. The van der Waals surface area contributed by atoms with E-state index in [-0.39, 0.29) is 12.6 Å². The molecule has 0 aliphatic carbocycles. The van der Waals surface area contributed by atoms with Crippen LogP contribution in [0.4, 0.5) is 0 Å². The first-order valence-electron chi connectivity index (χ1n) is 5.49. The minimum atomic E-state index is -0.194. The number of unbranched alkanes of at least 4 members (excludes halogenated alkanes) is 6. The minimum absolute atomic E-state index is 0.0620. The van der Waals surface area contributed by atoms with Gasteiger partial charge in [-0.2, -0.15) is 0 Å². The second-order valence-corrected chi connectivity index (χ2v) is 3.52. The van der Waals surface area contributed by atoms with Crippen LogP contribution in [0.3, 0.4) is 0 Å². The Balaban J connectivity index is 2.88. The van der Waals surface area contributed by atoms with Crippen molar-refractivity contribution in [1.29, 1.82) is 0 Å². The molecule has 0 unspecified atom stereocenters. The van der Waals surface area contributed by atoms with Gasteiger partial charge in [0.2, 0.25) is 0 Å². The molecule has 1 radical (unpaired) electrons. The Morgan fingerprint density at radius 3 is 1.93 bits per heavy atom. The predicted octanol–water partition coefficient (Wildman–Crippen LogP) is 2.71. The molecule has 3 nitrogen and oxygen atoms in total. The van der Waals surface area contributed by atoms with Crippen molar-refractivity contribution in [3.05, 3.63) is 0 Å². The summed E-state index contributed by atoms with van der Waals surface area (Å²) in [4.78, 5) is 10.4. The largest absolute Gasteiger partial charge is 0.466 e. The average Bonchev–Trinajstić information content (AvgIpc) is 2.15. The third-order valence-electron chi connectivity index (χ3n) is 2.09. The Morgan fingerprint density at radius 2 is 1.43 bits per heavy atom. The van der Waals surface area contributed by atoms with Gasteiger partial charge in [-0.15, -0.1) is 0 Å². The molecule has 0 aliphatic rings. The van der Waals surface area contributed by atoms with Crippen LogP contribution in [-0.4, -0.2) is 19.2 Å². The van der Waals surface area contributed by atoms with Gasteiger partial charge in [-0.25, -0.2) is 5.11 Å². The number of esters is 1. The highest BCUT2D eigenvalue weighted by molar-refractivity contribution is 5.65. The SMILES string of the molecule is CC(=O)OCCCCCCCCC[O]. The zero-order valence-corrected chi connectivity index (χ0v) is 9.09. The summed E-state index contributed by atoms with van der Waals surface area (Å²) in [6, 6.07) is 0. The van der Waals surface area contributed by atoms with Crippen LogP contribution in [0.5, 0.6) is 0 Å². The molecule has 83 valence electrons. The van der Waals surface area contributed by atoms with Gasteiger partial charge in [0.25, 0.3) is 0 Å². The lowest BCUT2D eigenvalue weighted by Crippen LogP contribution is -2.00. The maximum absolute atomic E-state index is 10.4. The van der Waals surface area contributed by atoms with E-state index in [0.717, 1.165) is 32.1 Å². The lowest BCUT2D eigenvalue weighted by molar-refractivity contribution is -0.141. The molecule has 0 heterocycles. The molecule has 0 aromatic heterocycles. The van der Waals surface area contributed by atoms with E-state index in [1.807, 2.05) is 0 Å². The summed E-state index contributed by atoms with van der Waals surface area (Å²) in [6.45, 7) is 2.05. The van der Waals surface area contributed by atoms with Gasteiger partial charge in [-0.3, -0.25) is 4.79 Å². The molecule has 0 rings (SSSR count). The number of hydrogen-bond donors (Lipinski definition) is 0. The van der Waals surface area contributed by atoms with Crippen LogP contribution < -0.4 is 0 Å². The fraction of sp³-hybridized carbons (Fsp3) is 0.909. The first kappa shape index (κ1) is 13.4.